The van der Waals surface area contributed by atoms with Crippen molar-refractivity contribution < 1.29 is 18.7 Å². The molecule has 202 valence electrons. The first kappa shape index (κ1) is 26.1. The van der Waals surface area contributed by atoms with Gasteiger partial charge >= 0.3 is 0 Å². The molecule has 2 aromatic heterocycles. The van der Waals surface area contributed by atoms with Crippen LogP contribution in [0.25, 0.3) is 22.3 Å². The number of halogens is 1. The van der Waals surface area contributed by atoms with Crippen LogP contribution in [-0.4, -0.2) is 45.5 Å². The Kier molecular flexibility index (Phi) is 7.36. The van der Waals surface area contributed by atoms with Crippen molar-refractivity contribution >= 4 is 22.8 Å². The fraction of sp³-hybridized carbons (Fsp3) is 0.517. The lowest BCUT2D eigenvalue weighted by Crippen LogP contribution is -2.48. The van der Waals surface area contributed by atoms with E-state index in [1.807, 2.05) is 13.8 Å². The Hall–Kier alpha value is -3.49. The van der Waals surface area contributed by atoms with Gasteiger partial charge in [-0.1, -0.05) is 19.9 Å². The van der Waals surface area contributed by atoms with Crippen LogP contribution in [0, 0.1) is 31.5 Å². The number of hydrogen-bond acceptors (Lipinski definition) is 5. The molecule has 0 radical (unpaired) electrons. The second-order valence-corrected chi connectivity index (χ2v) is 10.9. The summed E-state index contributed by atoms with van der Waals surface area (Å²) in [6.07, 6.45) is 6.50. The summed E-state index contributed by atoms with van der Waals surface area (Å²) in [5.41, 5.74) is 3.20. The minimum Gasteiger partial charge on any atom is -0.492 e. The molecule has 0 saturated heterocycles. The molecule has 3 atom stereocenters. The quantitative estimate of drug-likeness (QED) is 0.387. The minimum atomic E-state index is -0.391. The van der Waals surface area contributed by atoms with Crippen LogP contribution in [0.3, 0.4) is 0 Å². The van der Waals surface area contributed by atoms with Crippen LogP contribution < -0.4 is 15.4 Å². The van der Waals surface area contributed by atoms with E-state index in [0.717, 1.165) is 32.1 Å². The summed E-state index contributed by atoms with van der Waals surface area (Å²) < 4.78 is 21.5. The molecule has 2 aliphatic carbocycles. The predicted octanol–water partition coefficient (Wildman–Crippen LogP) is 4.98. The number of ether oxygens (including phenoxy) is 1. The summed E-state index contributed by atoms with van der Waals surface area (Å²) >= 11 is 0. The van der Waals surface area contributed by atoms with Crippen molar-refractivity contribution in [3.05, 3.63) is 41.1 Å². The third-order valence-corrected chi connectivity index (χ3v) is 7.88. The monoisotopic (exact) mass is 521 g/mol. The second kappa shape index (κ2) is 10.7. The van der Waals surface area contributed by atoms with Gasteiger partial charge in [0.05, 0.1) is 23.3 Å². The smallest absolute Gasteiger partial charge is 0.255 e. The number of hydrogen-bond donors (Lipinski definition) is 3. The van der Waals surface area contributed by atoms with Crippen LogP contribution in [0.15, 0.2) is 18.5 Å². The Morgan fingerprint density at radius 2 is 1.92 bits per heavy atom. The molecule has 1 aromatic carbocycles. The number of amides is 2. The Balaban J connectivity index is 1.42. The summed E-state index contributed by atoms with van der Waals surface area (Å²) in [6.45, 7) is 8.02. The first-order valence-corrected chi connectivity index (χ1v) is 13.6. The molecule has 3 aromatic rings. The lowest BCUT2D eigenvalue weighted by atomic mass is 9.82. The van der Waals surface area contributed by atoms with Crippen LogP contribution in [0.2, 0.25) is 0 Å². The van der Waals surface area contributed by atoms with Gasteiger partial charge in [0.2, 0.25) is 5.91 Å². The highest BCUT2D eigenvalue weighted by molar-refractivity contribution is 6.09. The molecule has 2 heterocycles. The van der Waals surface area contributed by atoms with E-state index in [2.05, 4.69) is 32.5 Å². The molecular formula is C29H36FN5O3. The van der Waals surface area contributed by atoms with Crippen LogP contribution in [0.1, 0.15) is 74.0 Å². The van der Waals surface area contributed by atoms with E-state index in [1.165, 1.54) is 6.33 Å². The molecule has 2 amide bonds. The topological polar surface area (TPSA) is 109 Å². The zero-order valence-corrected chi connectivity index (χ0v) is 22.5. The number of fused-ring (bicyclic) bond motifs is 1. The van der Waals surface area contributed by atoms with Gasteiger partial charge in [-0.15, -0.1) is 0 Å². The first-order chi connectivity index (χ1) is 18.3. The summed E-state index contributed by atoms with van der Waals surface area (Å²) in [5, 5.41) is 6.26. The Morgan fingerprint density at radius 3 is 2.63 bits per heavy atom. The highest BCUT2D eigenvalue weighted by Gasteiger charge is 2.31. The van der Waals surface area contributed by atoms with E-state index in [0.29, 0.717) is 58.2 Å². The van der Waals surface area contributed by atoms with E-state index >= 15 is 4.39 Å². The minimum absolute atomic E-state index is 0.0143. The molecule has 0 bridgehead atoms. The maximum Gasteiger partial charge on any atom is 0.255 e. The molecule has 8 nitrogen and oxygen atoms in total. The van der Waals surface area contributed by atoms with E-state index in [1.54, 1.807) is 19.1 Å². The van der Waals surface area contributed by atoms with E-state index in [-0.39, 0.29) is 35.4 Å². The van der Waals surface area contributed by atoms with Crippen LogP contribution >= 0.6 is 0 Å². The van der Waals surface area contributed by atoms with Crippen LogP contribution in [0.5, 0.6) is 5.75 Å². The number of H-pyrrole nitrogens is 1. The average molecular weight is 522 g/mol. The van der Waals surface area contributed by atoms with Gasteiger partial charge in [-0.05, 0) is 69.4 Å². The zero-order valence-electron chi connectivity index (χ0n) is 22.5. The Morgan fingerprint density at radius 1 is 1.13 bits per heavy atom. The van der Waals surface area contributed by atoms with Gasteiger partial charge < -0.3 is 20.4 Å². The number of nitrogens with one attached hydrogen (secondary N) is 3. The normalized spacial score (nSPS) is 21.3. The maximum absolute atomic E-state index is 15.5. The molecule has 0 spiro atoms. The summed E-state index contributed by atoms with van der Waals surface area (Å²) in [4.78, 5) is 37.4. The van der Waals surface area contributed by atoms with Gasteiger partial charge in [0.15, 0.2) is 0 Å². The van der Waals surface area contributed by atoms with Gasteiger partial charge in [0, 0.05) is 24.2 Å². The lowest BCUT2D eigenvalue weighted by Gasteiger charge is -2.35. The summed E-state index contributed by atoms with van der Waals surface area (Å²) in [6, 6.07) is 3.62. The number of carbonyl (C=O) groups excluding carboxylic acids is 2. The predicted molar refractivity (Wildman–Crippen MR) is 143 cm³/mol. The average Bonchev–Trinajstić information content (AvgIpc) is 3.66. The van der Waals surface area contributed by atoms with E-state index in [9.17, 15) is 9.59 Å². The van der Waals surface area contributed by atoms with Gasteiger partial charge in [-0.3, -0.25) is 9.59 Å². The van der Waals surface area contributed by atoms with Crippen molar-refractivity contribution in [3.63, 3.8) is 0 Å². The van der Waals surface area contributed by atoms with Crippen LogP contribution in [0.4, 0.5) is 4.39 Å². The Bertz CT molecular complexity index is 1370. The Labute approximate surface area is 222 Å². The van der Waals surface area contributed by atoms with E-state index in [4.69, 9.17) is 4.74 Å². The SMILES string of the molecule is CCC(=O)NC1CCC(NC(=O)c2c(C)[nH]c3c(-c4c(OCC5CC5)ccc(C)c4F)ncnc23)C(C)C1. The van der Waals surface area contributed by atoms with Crippen molar-refractivity contribution in [1.29, 1.82) is 0 Å². The third kappa shape index (κ3) is 5.24. The molecule has 3 unspecified atom stereocenters. The van der Waals surface area contributed by atoms with Gasteiger partial charge in [0.1, 0.15) is 29.1 Å². The fourth-order valence-electron chi connectivity index (χ4n) is 5.40. The molecule has 2 aliphatic rings. The standard InChI is InChI=1S/C29H36FN5O3/c1-5-22(36)34-19-9-10-20(16(3)12-19)35-29(37)23-17(4)33-28-26(23)31-14-32-27(28)24-21(38-13-18-7-8-18)11-6-15(2)25(24)30/h6,11,14,16,18-20,33H,5,7-10,12-13H2,1-4H3,(H,34,36)(H,35,37). The van der Waals surface area contributed by atoms with Crippen molar-refractivity contribution in [2.45, 2.75) is 78.3 Å². The van der Waals surface area contributed by atoms with E-state index < -0.39 is 5.82 Å². The molecule has 0 aliphatic heterocycles. The highest BCUT2D eigenvalue weighted by atomic mass is 19.1. The van der Waals surface area contributed by atoms with Gasteiger partial charge in [0.25, 0.3) is 5.91 Å². The molecule has 5 rings (SSSR count). The van der Waals surface area contributed by atoms with Gasteiger partial charge in [-0.25, -0.2) is 14.4 Å². The van der Waals surface area contributed by atoms with Crippen molar-refractivity contribution in [3.8, 4) is 17.0 Å². The van der Waals surface area contributed by atoms with Crippen LogP contribution in [-0.2, 0) is 4.79 Å². The maximum atomic E-state index is 15.5. The summed E-state index contributed by atoms with van der Waals surface area (Å²) in [5.74, 6) is 0.609. The molecule has 38 heavy (non-hydrogen) atoms. The van der Waals surface area contributed by atoms with Crippen molar-refractivity contribution in [2.24, 2.45) is 11.8 Å². The second-order valence-electron chi connectivity index (χ2n) is 10.9. The zero-order chi connectivity index (χ0) is 27.0. The number of benzene rings is 1. The summed E-state index contributed by atoms with van der Waals surface area (Å²) in [7, 11) is 0. The number of rotatable bonds is 8. The highest BCUT2D eigenvalue weighted by Crippen LogP contribution is 2.39. The molecule has 2 fully saturated rings. The third-order valence-electron chi connectivity index (χ3n) is 7.88. The fourth-order valence-corrected chi connectivity index (χ4v) is 5.40. The number of aromatic nitrogens is 3. The van der Waals surface area contributed by atoms with Gasteiger partial charge in [-0.2, -0.15) is 0 Å². The molecular weight excluding hydrogens is 485 g/mol. The largest absolute Gasteiger partial charge is 0.492 e. The number of aromatic amines is 1. The molecule has 3 N–H and O–H groups in total. The number of carbonyl (C=O) groups is 2. The van der Waals surface area contributed by atoms with Crippen molar-refractivity contribution in [2.75, 3.05) is 6.61 Å². The molecule has 9 heteroatoms. The number of aryl methyl sites for hydroxylation is 2. The lowest BCUT2D eigenvalue weighted by molar-refractivity contribution is -0.121. The molecule has 2 saturated carbocycles. The number of nitrogens with zero attached hydrogens (tertiary/aromatic N) is 2. The first-order valence-electron chi connectivity index (χ1n) is 13.6. The van der Waals surface area contributed by atoms with Crippen molar-refractivity contribution in [1.82, 2.24) is 25.6 Å².